The van der Waals surface area contributed by atoms with Crippen molar-refractivity contribution in [2.45, 2.75) is 25.0 Å². The molecule has 2 aliphatic rings. The molecule has 5 heteroatoms. The maximum atomic E-state index is 10.4. The molecule has 0 amide bonds. The molecule has 1 saturated carbocycles. The van der Waals surface area contributed by atoms with E-state index in [0.717, 1.165) is 30.4 Å². The molecule has 0 bridgehead atoms. The number of ether oxygens (including phenoxy) is 1. The third-order valence-electron chi connectivity index (χ3n) is 4.00. The highest BCUT2D eigenvalue weighted by atomic mass is 35.5. The minimum Gasteiger partial charge on any atom is -0.496 e. The van der Waals surface area contributed by atoms with Crippen LogP contribution in [0.15, 0.2) is 18.5 Å². The highest BCUT2D eigenvalue weighted by molar-refractivity contribution is 5.85. The van der Waals surface area contributed by atoms with Crippen molar-refractivity contribution < 1.29 is 9.84 Å². The van der Waals surface area contributed by atoms with E-state index in [4.69, 9.17) is 4.74 Å². The lowest BCUT2D eigenvalue weighted by Gasteiger charge is -2.28. The maximum Gasteiger partial charge on any atom is 0.127 e. The van der Waals surface area contributed by atoms with Crippen molar-refractivity contribution in [3.63, 3.8) is 0 Å². The number of rotatable bonds is 3. The van der Waals surface area contributed by atoms with Gasteiger partial charge < -0.3 is 15.2 Å². The Kier molecular flexibility index (Phi) is 4.10. The zero-order chi connectivity index (χ0) is 11.8. The van der Waals surface area contributed by atoms with Crippen molar-refractivity contribution >= 4 is 12.4 Å². The van der Waals surface area contributed by atoms with Crippen LogP contribution in [0.4, 0.5) is 0 Å². The molecule has 1 aliphatic heterocycles. The smallest absolute Gasteiger partial charge is 0.127 e. The Morgan fingerprint density at radius 3 is 3.00 bits per heavy atom. The largest absolute Gasteiger partial charge is 0.496 e. The summed E-state index contributed by atoms with van der Waals surface area (Å²) in [6.45, 7) is 1.04. The van der Waals surface area contributed by atoms with Crippen LogP contribution >= 0.6 is 12.4 Å². The zero-order valence-electron chi connectivity index (χ0n) is 10.4. The number of pyridine rings is 1. The van der Waals surface area contributed by atoms with Crippen LogP contribution in [0.25, 0.3) is 0 Å². The van der Waals surface area contributed by atoms with E-state index < -0.39 is 6.10 Å². The lowest BCUT2D eigenvalue weighted by molar-refractivity contribution is 0.108. The average Bonchev–Trinajstić information content (AvgIpc) is 3.16. The van der Waals surface area contributed by atoms with Gasteiger partial charge in [0.05, 0.1) is 13.2 Å². The molecule has 18 heavy (non-hydrogen) atoms. The topological polar surface area (TPSA) is 54.4 Å². The molecule has 1 aliphatic carbocycles. The van der Waals surface area contributed by atoms with Crippen LogP contribution in [0, 0.1) is 11.8 Å². The maximum absolute atomic E-state index is 10.4. The van der Waals surface area contributed by atoms with Crippen molar-refractivity contribution in [1.29, 1.82) is 0 Å². The molecular weight excluding hydrogens is 252 g/mol. The number of aliphatic hydroxyl groups is 1. The number of nitrogens with zero attached hydrogens (tertiary/aromatic N) is 1. The fourth-order valence-electron chi connectivity index (χ4n) is 2.82. The SMILES string of the molecule is COc1ccncc1C(O)[C@H]1CC2CC2CN1.Cl. The molecule has 3 rings (SSSR count). The van der Waals surface area contributed by atoms with Crippen LogP contribution in [0.2, 0.25) is 0 Å². The van der Waals surface area contributed by atoms with Gasteiger partial charge >= 0.3 is 0 Å². The van der Waals surface area contributed by atoms with E-state index >= 15 is 0 Å². The van der Waals surface area contributed by atoms with Crippen molar-refractivity contribution in [2.75, 3.05) is 13.7 Å². The first kappa shape index (κ1) is 13.6. The number of piperidine rings is 1. The number of hydrogen-bond donors (Lipinski definition) is 2. The van der Waals surface area contributed by atoms with Gasteiger partial charge in [0.2, 0.25) is 0 Å². The highest BCUT2D eigenvalue weighted by Crippen LogP contribution is 2.46. The average molecular weight is 271 g/mol. The summed E-state index contributed by atoms with van der Waals surface area (Å²) in [5.41, 5.74) is 0.784. The predicted octanol–water partition coefficient (Wildman–Crippen LogP) is 1.54. The van der Waals surface area contributed by atoms with E-state index in [1.54, 1.807) is 25.6 Å². The monoisotopic (exact) mass is 270 g/mol. The number of aliphatic hydroxyl groups excluding tert-OH is 1. The van der Waals surface area contributed by atoms with E-state index in [-0.39, 0.29) is 18.4 Å². The Morgan fingerprint density at radius 1 is 1.44 bits per heavy atom. The number of hydrogen-bond acceptors (Lipinski definition) is 4. The first-order valence-corrected chi connectivity index (χ1v) is 6.19. The van der Waals surface area contributed by atoms with Gasteiger partial charge in [0.15, 0.2) is 0 Å². The minimum absolute atomic E-state index is 0. The fourth-order valence-corrected chi connectivity index (χ4v) is 2.82. The summed E-state index contributed by atoms with van der Waals surface area (Å²) in [5, 5.41) is 13.8. The van der Waals surface area contributed by atoms with Crippen LogP contribution in [-0.4, -0.2) is 29.8 Å². The van der Waals surface area contributed by atoms with Crippen LogP contribution in [-0.2, 0) is 0 Å². The fraction of sp³-hybridized carbons (Fsp3) is 0.615. The molecule has 3 unspecified atom stereocenters. The molecule has 100 valence electrons. The van der Waals surface area contributed by atoms with Gasteiger partial charge in [-0.25, -0.2) is 0 Å². The molecule has 1 saturated heterocycles. The number of halogens is 1. The van der Waals surface area contributed by atoms with Gasteiger partial charge in [0.25, 0.3) is 0 Å². The van der Waals surface area contributed by atoms with Crippen LogP contribution in [0.1, 0.15) is 24.5 Å². The molecule has 0 aromatic carbocycles. The Labute approximate surface area is 113 Å². The zero-order valence-corrected chi connectivity index (χ0v) is 11.2. The van der Waals surface area contributed by atoms with Crippen molar-refractivity contribution in [3.05, 3.63) is 24.0 Å². The summed E-state index contributed by atoms with van der Waals surface area (Å²) in [6.07, 6.45) is 5.23. The summed E-state index contributed by atoms with van der Waals surface area (Å²) in [7, 11) is 1.62. The Balaban J connectivity index is 0.00000120. The third kappa shape index (κ3) is 2.46. The summed E-state index contributed by atoms with van der Waals surface area (Å²) >= 11 is 0. The van der Waals surface area contributed by atoms with Crippen molar-refractivity contribution in [3.8, 4) is 5.75 Å². The predicted molar refractivity (Wildman–Crippen MR) is 71.0 cm³/mol. The molecule has 2 heterocycles. The lowest BCUT2D eigenvalue weighted by atomic mass is 9.95. The standard InChI is InChI=1S/C13H18N2O2.ClH/c1-17-12-2-3-14-7-10(12)13(16)11-5-8-4-9(8)6-15-11;/h2-3,7-9,11,13,15-16H,4-6H2,1H3;1H/t8?,9?,11-,13?;/m1./s1. The third-order valence-corrected chi connectivity index (χ3v) is 4.00. The summed E-state index contributed by atoms with van der Waals surface area (Å²) in [5.74, 6) is 2.39. The summed E-state index contributed by atoms with van der Waals surface area (Å²) < 4.78 is 5.27. The molecule has 1 aromatic rings. The van der Waals surface area contributed by atoms with Gasteiger partial charge in [0.1, 0.15) is 5.75 Å². The van der Waals surface area contributed by atoms with Crippen LogP contribution in [0.3, 0.4) is 0 Å². The highest BCUT2D eigenvalue weighted by Gasteiger charge is 2.44. The quantitative estimate of drug-likeness (QED) is 0.875. The van der Waals surface area contributed by atoms with Gasteiger partial charge in [-0.2, -0.15) is 0 Å². The molecule has 0 radical (unpaired) electrons. The first-order valence-electron chi connectivity index (χ1n) is 6.19. The second-order valence-electron chi connectivity index (χ2n) is 5.07. The number of methoxy groups -OCH3 is 1. The van der Waals surface area contributed by atoms with Crippen molar-refractivity contribution in [1.82, 2.24) is 10.3 Å². The molecule has 2 N–H and O–H groups in total. The van der Waals surface area contributed by atoms with Gasteiger partial charge in [-0.1, -0.05) is 0 Å². The van der Waals surface area contributed by atoms with E-state index in [0.29, 0.717) is 5.75 Å². The number of fused-ring (bicyclic) bond motifs is 1. The van der Waals surface area contributed by atoms with Gasteiger partial charge in [-0.05, 0) is 37.3 Å². The van der Waals surface area contributed by atoms with Gasteiger partial charge in [-0.3, -0.25) is 4.98 Å². The van der Waals surface area contributed by atoms with Crippen LogP contribution in [0.5, 0.6) is 5.75 Å². The molecule has 1 aromatic heterocycles. The summed E-state index contributed by atoms with van der Waals surface area (Å²) in [6, 6.07) is 1.93. The Hall–Kier alpha value is -0.840. The lowest BCUT2D eigenvalue weighted by Crippen LogP contribution is -2.40. The summed E-state index contributed by atoms with van der Waals surface area (Å²) in [4.78, 5) is 4.07. The second kappa shape index (κ2) is 5.43. The molecule has 2 fully saturated rings. The number of aromatic nitrogens is 1. The normalized spacial score (nSPS) is 30.9. The van der Waals surface area contributed by atoms with E-state index in [9.17, 15) is 5.11 Å². The van der Waals surface area contributed by atoms with Gasteiger partial charge in [0, 0.05) is 24.0 Å². The minimum atomic E-state index is -0.528. The van der Waals surface area contributed by atoms with Crippen LogP contribution < -0.4 is 10.1 Å². The molecule has 4 atom stereocenters. The molecular formula is C13H19ClN2O2. The second-order valence-corrected chi connectivity index (χ2v) is 5.07. The molecule has 4 nitrogen and oxygen atoms in total. The number of nitrogens with one attached hydrogen (secondary N) is 1. The Morgan fingerprint density at radius 2 is 2.28 bits per heavy atom. The van der Waals surface area contributed by atoms with E-state index in [1.807, 2.05) is 0 Å². The Bertz CT molecular complexity index is 416. The molecule has 0 spiro atoms. The first-order chi connectivity index (χ1) is 8.29. The van der Waals surface area contributed by atoms with Crippen molar-refractivity contribution in [2.24, 2.45) is 11.8 Å². The van der Waals surface area contributed by atoms with E-state index in [1.165, 1.54) is 6.42 Å². The van der Waals surface area contributed by atoms with E-state index in [2.05, 4.69) is 10.3 Å². The van der Waals surface area contributed by atoms with Gasteiger partial charge in [-0.15, -0.1) is 12.4 Å².